The summed E-state index contributed by atoms with van der Waals surface area (Å²) in [5.41, 5.74) is 3.23. The van der Waals surface area contributed by atoms with Gasteiger partial charge in [0.15, 0.2) is 0 Å². The lowest BCUT2D eigenvalue weighted by Crippen LogP contribution is -2.28. The Kier molecular flexibility index (Phi) is 5.44. The van der Waals surface area contributed by atoms with E-state index in [4.69, 9.17) is 11.6 Å². The summed E-state index contributed by atoms with van der Waals surface area (Å²) in [6.07, 6.45) is 5.72. The Balaban J connectivity index is 1.49. The summed E-state index contributed by atoms with van der Waals surface area (Å²) in [4.78, 5) is 20.5. The van der Waals surface area contributed by atoms with Gasteiger partial charge < -0.3 is 10.3 Å². The molecule has 0 saturated heterocycles. The minimum Gasteiger partial charge on any atom is -0.342 e. The molecule has 29 heavy (non-hydrogen) atoms. The van der Waals surface area contributed by atoms with Crippen LogP contribution in [0.3, 0.4) is 0 Å². The molecular weight excluding hydrogens is 386 g/mol. The Morgan fingerprint density at radius 3 is 2.76 bits per heavy atom. The monoisotopic (exact) mass is 405 g/mol. The van der Waals surface area contributed by atoms with Crippen molar-refractivity contribution in [2.24, 2.45) is 0 Å². The van der Waals surface area contributed by atoms with Crippen LogP contribution in [0.25, 0.3) is 16.9 Å². The first-order chi connectivity index (χ1) is 14.1. The van der Waals surface area contributed by atoms with Gasteiger partial charge in [-0.15, -0.1) is 0 Å². The average molecular weight is 406 g/mol. The lowest BCUT2D eigenvalue weighted by atomic mass is 10.2. The number of rotatable bonds is 6. The van der Waals surface area contributed by atoms with Crippen LogP contribution in [0.15, 0.2) is 73.2 Å². The maximum Gasteiger partial charge on any atom is 0.255 e. The summed E-state index contributed by atoms with van der Waals surface area (Å²) in [5.74, 6) is 0.518. The van der Waals surface area contributed by atoms with Gasteiger partial charge in [0.1, 0.15) is 5.82 Å². The average Bonchev–Trinajstić information content (AvgIpc) is 3.43. The molecule has 2 aromatic heterocycles. The predicted molar refractivity (Wildman–Crippen MR) is 113 cm³/mol. The molecule has 2 heterocycles. The second-order valence-corrected chi connectivity index (χ2v) is 7.07. The van der Waals surface area contributed by atoms with Crippen LogP contribution in [0.2, 0.25) is 5.02 Å². The summed E-state index contributed by atoms with van der Waals surface area (Å²) in [7, 11) is 0. The molecular formula is C22H20ClN5O. The SMILES string of the molecule is CCC(NC(=O)c1cnn(-c2cccc(Cl)c2)c1)c1ncc(-c2ccccc2)[nH]1. The van der Waals surface area contributed by atoms with Crippen LogP contribution < -0.4 is 5.32 Å². The van der Waals surface area contributed by atoms with E-state index in [9.17, 15) is 4.79 Å². The Morgan fingerprint density at radius 1 is 1.17 bits per heavy atom. The van der Waals surface area contributed by atoms with Gasteiger partial charge >= 0.3 is 0 Å². The van der Waals surface area contributed by atoms with Crippen LogP contribution in [0, 0.1) is 0 Å². The van der Waals surface area contributed by atoms with Gasteiger partial charge in [-0.3, -0.25) is 4.79 Å². The summed E-state index contributed by atoms with van der Waals surface area (Å²) in [6.45, 7) is 2.01. The number of aromatic nitrogens is 4. The molecule has 2 N–H and O–H groups in total. The molecule has 0 spiro atoms. The van der Waals surface area contributed by atoms with E-state index in [0.29, 0.717) is 17.0 Å². The number of carbonyl (C=O) groups excluding carboxylic acids is 1. The number of aromatic amines is 1. The lowest BCUT2D eigenvalue weighted by molar-refractivity contribution is 0.0934. The van der Waals surface area contributed by atoms with Crippen molar-refractivity contribution in [1.29, 1.82) is 0 Å². The second-order valence-electron chi connectivity index (χ2n) is 6.64. The highest BCUT2D eigenvalue weighted by Gasteiger charge is 2.18. The highest BCUT2D eigenvalue weighted by molar-refractivity contribution is 6.30. The molecule has 0 aliphatic heterocycles. The van der Waals surface area contributed by atoms with Gasteiger partial charge in [-0.1, -0.05) is 54.9 Å². The molecule has 0 bridgehead atoms. The van der Waals surface area contributed by atoms with Crippen LogP contribution in [-0.2, 0) is 0 Å². The van der Waals surface area contributed by atoms with E-state index in [2.05, 4.69) is 20.4 Å². The van der Waals surface area contributed by atoms with Crippen molar-refractivity contribution in [1.82, 2.24) is 25.1 Å². The molecule has 1 amide bonds. The zero-order chi connectivity index (χ0) is 20.2. The quantitative estimate of drug-likeness (QED) is 0.484. The first-order valence-electron chi connectivity index (χ1n) is 9.36. The van der Waals surface area contributed by atoms with Crippen LogP contribution >= 0.6 is 11.6 Å². The molecule has 2 aromatic carbocycles. The van der Waals surface area contributed by atoms with E-state index < -0.39 is 0 Å². The molecule has 146 valence electrons. The minimum atomic E-state index is -0.227. The van der Waals surface area contributed by atoms with E-state index in [0.717, 1.165) is 22.8 Å². The molecule has 0 aliphatic carbocycles. The Labute approximate surface area is 173 Å². The summed E-state index contributed by atoms with van der Waals surface area (Å²) in [6, 6.07) is 17.0. The normalized spacial score (nSPS) is 11.9. The van der Waals surface area contributed by atoms with E-state index in [1.807, 2.05) is 49.4 Å². The van der Waals surface area contributed by atoms with Gasteiger partial charge in [0.05, 0.1) is 35.4 Å². The van der Waals surface area contributed by atoms with Crippen LogP contribution in [0.1, 0.15) is 35.6 Å². The third-order valence-corrected chi connectivity index (χ3v) is 4.88. The van der Waals surface area contributed by atoms with Gasteiger partial charge in [0.25, 0.3) is 5.91 Å². The van der Waals surface area contributed by atoms with Crippen molar-refractivity contribution in [3.05, 3.63) is 89.6 Å². The first-order valence-corrected chi connectivity index (χ1v) is 9.73. The number of benzene rings is 2. The summed E-state index contributed by atoms with van der Waals surface area (Å²) >= 11 is 6.03. The zero-order valence-electron chi connectivity index (χ0n) is 15.8. The van der Waals surface area contributed by atoms with Crippen molar-refractivity contribution in [3.63, 3.8) is 0 Å². The Hall–Kier alpha value is -3.38. The highest BCUT2D eigenvalue weighted by atomic mass is 35.5. The second kappa shape index (κ2) is 8.32. The summed E-state index contributed by atoms with van der Waals surface area (Å²) < 4.78 is 1.63. The van der Waals surface area contributed by atoms with E-state index in [1.165, 1.54) is 0 Å². The zero-order valence-corrected chi connectivity index (χ0v) is 16.6. The third kappa shape index (κ3) is 4.22. The minimum absolute atomic E-state index is 0.206. The molecule has 4 rings (SSSR count). The van der Waals surface area contributed by atoms with E-state index >= 15 is 0 Å². The van der Waals surface area contributed by atoms with Crippen LogP contribution in [0.4, 0.5) is 0 Å². The van der Waals surface area contributed by atoms with Crippen molar-refractivity contribution in [2.45, 2.75) is 19.4 Å². The number of halogens is 1. The fourth-order valence-corrected chi connectivity index (χ4v) is 3.27. The molecule has 1 unspecified atom stereocenters. The number of H-pyrrole nitrogens is 1. The fraction of sp³-hybridized carbons (Fsp3) is 0.136. The molecule has 1 atom stereocenters. The third-order valence-electron chi connectivity index (χ3n) is 4.64. The molecule has 0 aliphatic rings. The van der Waals surface area contributed by atoms with Gasteiger partial charge in [0.2, 0.25) is 0 Å². The standard InChI is InChI=1S/C22H20ClN5O/c1-2-19(21-24-13-20(26-21)15-7-4-3-5-8-15)27-22(29)16-12-25-28(14-16)18-10-6-9-17(23)11-18/h3-14,19H,2H2,1H3,(H,24,26)(H,27,29). The summed E-state index contributed by atoms with van der Waals surface area (Å²) in [5, 5.41) is 7.91. The number of hydrogen-bond donors (Lipinski definition) is 2. The van der Waals surface area contributed by atoms with Crippen molar-refractivity contribution < 1.29 is 4.79 Å². The predicted octanol–water partition coefficient (Wildman–Crippen LogP) is 4.80. The van der Waals surface area contributed by atoms with E-state index in [1.54, 1.807) is 35.4 Å². The molecule has 6 nitrogen and oxygen atoms in total. The molecule has 0 saturated carbocycles. The number of hydrogen-bond acceptors (Lipinski definition) is 3. The number of imidazole rings is 1. The first kappa shape index (κ1) is 19.0. The van der Waals surface area contributed by atoms with Crippen molar-refractivity contribution >= 4 is 17.5 Å². The molecule has 4 aromatic rings. The maximum atomic E-state index is 12.7. The van der Waals surface area contributed by atoms with Crippen molar-refractivity contribution in [3.8, 4) is 16.9 Å². The van der Waals surface area contributed by atoms with E-state index in [-0.39, 0.29) is 11.9 Å². The number of amides is 1. The fourth-order valence-electron chi connectivity index (χ4n) is 3.08. The number of carbonyl (C=O) groups is 1. The lowest BCUT2D eigenvalue weighted by Gasteiger charge is -2.14. The largest absolute Gasteiger partial charge is 0.342 e. The molecule has 0 radical (unpaired) electrons. The maximum absolute atomic E-state index is 12.7. The highest BCUT2D eigenvalue weighted by Crippen LogP contribution is 2.21. The van der Waals surface area contributed by atoms with Gasteiger partial charge in [0, 0.05) is 11.2 Å². The molecule has 7 heteroatoms. The van der Waals surface area contributed by atoms with Gasteiger partial charge in [-0.25, -0.2) is 9.67 Å². The Morgan fingerprint density at radius 2 is 2.00 bits per heavy atom. The number of nitrogens with one attached hydrogen (secondary N) is 2. The van der Waals surface area contributed by atoms with Crippen LogP contribution in [-0.4, -0.2) is 25.7 Å². The van der Waals surface area contributed by atoms with Gasteiger partial charge in [-0.05, 0) is 30.2 Å². The van der Waals surface area contributed by atoms with Gasteiger partial charge in [-0.2, -0.15) is 5.10 Å². The van der Waals surface area contributed by atoms with Crippen molar-refractivity contribution in [2.75, 3.05) is 0 Å². The topological polar surface area (TPSA) is 75.6 Å². The molecule has 0 fully saturated rings. The Bertz CT molecular complexity index is 1120. The van der Waals surface area contributed by atoms with Crippen LogP contribution in [0.5, 0.6) is 0 Å². The number of nitrogens with zero attached hydrogens (tertiary/aromatic N) is 3. The smallest absolute Gasteiger partial charge is 0.255 e.